The highest BCUT2D eigenvalue weighted by molar-refractivity contribution is 6.30. The lowest BCUT2D eigenvalue weighted by atomic mass is 10.1. The summed E-state index contributed by atoms with van der Waals surface area (Å²) in [6.07, 6.45) is 7.15. The van der Waals surface area contributed by atoms with Gasteiger partial charge >= 0.3 is 0 Å². The monoisotopic (exact) mass is 304 g/mol. The second-order valence-electron chi connectivity index (χ2n) is 6.76. The van der Waals surface area contributed by atoms with E-state index in [1.54, 1.807) is 0 Å². The predicted molar refractivity (Wildman–Crippen MR) is 83.0 cm³/mol. The van der Waals surface area contributed by atoms with E-state index < -0.39 is 0 Å². The number of nitrogens with zero attached hydrogens (tertiary/aromatic N) is 1. The molecule has 0 aromatic heterocycles. The predicted octanol–water partition coefficient (Wildman–Crippen LogP) is 3.49. The van der Waals surface area contributed by atoms with Crippen LogP contribution in [0.2, 0.25) is 5.02 Å². The number of carbonyl (C=O) groups excluding carboxylic acids is 1. The van der Waals surface area contributed by atoms with Gasteiger partial charge in [-0.2, -0.15) is 0 Å². The van der Waals surface area contributed by atoms with Crippen LogP contribution in [-0.4, -0.2) is 22.9 Å². The average molecular weight is 305 g/mol. The van der Waals surface area contributed by atoms with Crippen molar-refractivity contribution < 1.29 is 4.79 Å². The standard InChI is InChI=1S/C17H21ClN2O/c18-14-7-5-13(6-8-14)15-19-17(9-10-17)16(21)20(15)11-1-2-12-3-4-12/h5-8,12,15,19H,1-4,9-11H2. The molecule has 1 amide bonds. The smallest absolute Gasteiger partial charge is 0.244 e. The third-order valence-electron chi connectivity index (χ3n) is 5.04. The number of carbonyl (C=O) groups is 1. The van der Waals surface area contributed by atoms with Gasteiger partial charge in [0.15, 0.2) is 0 Å². The van der Waals surface area contributed by atoms with E-state index in [0.29, 0.717) is 5.91 Å². The molecule has 2 aliphatic carbocycles. The number of hydrogen-bond donors (Lipinski definition) is 1. The summed E-state index contributed by atoms with van der Waals surface area (Å²) in [4.78, 5) is 14.7. The van der Waals surface area contributed by atoms with E-state index >= 15 is 0 Å². The molecule has 4 rings (SSSR count). The molecule has 0 radical (unpaired) electrons. The molecule has 1 spiro atoms. The molecule has 1 saturated heterocycles. The van der Waals surface area contributed by atoms with Crippen LogP contribution in [-0.2, 0) is 4.79 Å². The van der Waals surface area contributed by atoms with E-state index in [4.69, 9.17) is 11.6 Å². The lowest BCUT2D eigenvalue weighted by Crippen LogP contribution is -2.33. The van der Waals surface area contributed by atoms with Gasteiger partial charge < -0.3 is 4.90 Å². The minimum atomic E-state index is -0.246. The summed E-state index contributed by atoms with van der Waals surface area (Å²) in [5.41, 5.74) is 0.895. The van der Waals surface area contributed by atoms with Gasteiger partial charge in [-0.15, -0.1) is 0 Å². The molecule has 1 N–H and O–H groups in total. The van der Waals surface area contributed by atoms with Gasteiger partial charge in [-0.3, -0.25) is 10.1 Å². The maximum atomic E-state index is 12.7. The van der Waals surface area contributed by atoms with Gasteiger partial charge in [0, 0.05) is 11.6 Å². The molecule has 0 bridgehead atoms. The number of rotatable bonds is 5. The number of nitrogens with one attached hydrogen (secondary N) is 1. The van der Waals surface area contributed by atoms with Crippen LogP contribution < -0.4 is 5.32 Å². The normalized spacial score (nSPS) is 26.6. The van der Waals surface area contributed by atoms with Crippen LogP contribution in [0.15, 0.2) is 24.3 Å². The maximum absolute atomic E-state index is 12.7. The molecule has 3 nitrogen and oxygen atoms in total. The van der Waals surface area contributed by atoms with Crippen molar-refractivity contribution in [2.75, 3.05) is 6.54 Å². The summed E-state index contributed by atoms with van der Waals surface area (Å²) in [7, 11) is 0. The SMILES string of the molecule is O=C1N(CCCC2CC2)C(c2ccc(Cl)cc2)NC12CC2. The summed E-state index contributed by atoms with van der Waals surface area (Å²) < 4.78 is 0. The molecule has 3 fully saturated rings. The number of benzene rings is 1. The molecular weight excluding hydrogens is 284 g/mol. The summed E-state index contributed by atoms with van der Waals surface area (Å²) in [5.74, 6) is 1.23. The van der Waals surface area contributed by atoms with E-state index in [1.807, 2.05) is 24.3 Å². The van der Waals surface area contributed by atoms with Crippen LogP contribution in [0, 0.1) is 5.92 Å². The number of hydrogen-bond acceptors (Lipinski definition) is 2. The fourth-order valence-corrected chi connectivity index (χ4v) is 3.50. The van der Waals surface area contributed by atoms with Gasteiger partial charge in [-0.1, -0.05) is 36.6 Å². The Morgan fingerprint density at radius 1 is 1.24 bits per heavy atom. The van der Waals surface area contributed by atoms with Crippen molar-refractivity contribution in [1.82, 2.24) is 10.2 Å². The maximum Gasteiger partial charge on any atom is 0.244 e. The first-order valence-corrected chi connectivity index (χ1v) is 8.40. The van der Waals surface area contributed by atoms with Crippen LogP contribution in [0.1, 0.15) is 50.3 Å². The van der Waals surface area contributed by atoms with Gasteiger partial charge in [0.2, 0.25) is 5.91 Å². The van der Waals surface area contributed by atoms with Crippen molar-refractivity contribution in [3.63, 3.8) is 0 Å². The average Bonchev–Trinajstić information content (AvgIpc) is 3.37. The Morgan fingerprint density at radius 2 is 1.95 bits per heavy atom. The molecule has 21 heavy (non-hydrogen) atoms. The van der Waals surface area contributed by atoms with Crippen molar-refractivity contribution in [1.29, 1.82) is 0 Å². The van der Waals surface area contributed by atoms with Gasteiger partial charge in [-0.05, 0) is 49.3 Å². The van der Waals surface area contributed by atoms with Crippen LogP contribution in [0.5, 0.6) is 0 Å². The largest absolute Gasteiger partial charge is 0.321 e. The quantitative estimate of drug-likeness (QED) is 0.903. The van der Waals surface area contributed by atoms with Crippen molar-refractivity contribution >= 4 is 17.5 Å². The van der Waals surface area contributed by atoms with E-state index in [2.05, 4.69) is 10.2 Å². The molecule has 1 aromatic rings. The van der Waals surface area contributed by atoms with E-state index in [1.165, 1.54) is 19.3 Å². The lowest BCUT2D eigenvalue weighted by molar-refractivity contribution is -0.130. The minimum Gasteiger partial charge on any atom is -0.321 e. The Morgan fingerprint density at radius 3 is 2.57 bits per heavy atom. The highest BCUT2D eigenvalue weighted by Gasteiger charge is 2.59. The van der Waals surface area contributed by atoms with E-state index in [0.717, 1.165) is 42.3 Å². The zero-order chi connectivity index (χ0) is 14.4. The molecule has 1 aromatic carbocycles. The summed E-state index contributed by atoms with van der Waals surface area (Å²) >= 11 is 5.98. The molecule has 3 aliphatic rings. The third kappa shape index (κ3) is 2.58. The van der Waals surface area contributed by atoms with E-state index in [-0.39, 0.29) is 11.7 Å². The fourth-order valence-electron chi connectivity index (χ4n) is 3.37. The number of halogens is 1. The highest BCUT2D eigenvalue weighted by atomic mass is 35.5. The van der Waals surface area contributed by atoms with Gasteiger partial charge in [-0.25, -0.2) is 0 Å². The Bertz CT molecular complexity index is 548. The third-order valence-corrected chi connectivity index (χ3v) is 5.29. The van der Waals surface area contributed by atoms with Crippen LogP contribution >= 0.6 is 11.6 Å². The van der Waals surface area contributed by atoms with Crippen molar-refractivity contribution in [2.45, 2.75) is 50.2 Å². The Balaban J connectivity index is 1.51. The van der Waals surface area contributed by atoms with Gasteiger partial charge in [0.25, 0.3) is 0 Å². The molecule has 1 unspecified atom stereocenters. The first kappa shape index (κ1) is 13.6. The van der Waals surface area contributed by atoms with Crippen molar-refractivity contribution in [3.8, 4) is 0 Å². The van der Waals surface area contributed by atoms with Gasteiger partial charge in [0.05, 0.1) is 0 Å². The number of amides is 1. The van der Waals surface area contributed by atoms with Crippen molar-refractivity contribution in [3.05, 3.63) is 34.9 Å². The van der Waals surface area contributed by atoms with Gasteiger partial charge in [0.1, 0.15) is 11.7 Å². The summed E-state index contributed by atoms with van der Waals surface area (Å²) in [6.45, 7) is 0.872. The van der Waals surface area contributed by atoms with Crippen LogP contribution in [0.25, 0.3) is 0 Å². The molecule has 1 atom stereocenters. The topological polar surface area (TPSA) is 32.3 Å². The lowest BCUT2D eigenvalue weighted by Gasteiger charge is -2.24. The van der Waals surface area contributed by atoms with Crippen LogP contribution in [0.3, 0.4) is 0 Å². The highest BCUT2D eigenvalue weighted by Crippen LogP contribution is 2.46. The van der Waals surface area contributed by atoms with Crippen molar-refractivity contribution in [2.24, 2.45) is 5.92 Å². The molecule has 4 heteroatoms. The van der Waals surface area contributed by atoms with Crippen LogP contribution in [0.4, 0.5) is 0 Å². The first-order chi connectivity index (χ1) is 10.2. The Labute approximate surface area is 130 Å². The summed E-state index contributed by atoms with van der Waals surface area (Å²) in [5, 5.41) is 4.30. The second kappa shape index (κ2) is 4.99. The first-order valence-electron chi connectivity index (χ1n) is 8.02. The Hall–Kier alpha value is -1.06. The molecule has 112 valence electrons. The molecule has 2 saturated carbocycles. The Kier molecular flexibility index (Phi) is 3.23. The zero-order valence-electron chi connectivity index (χ0n) is 12.1. The second-order valence-corrected chi connectivity index (χ2v) is 7.20. The minimum absolute atomic E-state index is 0.0245. The molecule has 1 heterocycles. The van der Waals surface area contributed by atoms with E-state index in [9.17, 15) is 4.79 Å². The zero-order valence-corrected chi connectivity index (χ0v) is 12.9. The summed E-state index contributed by atoms with van der Waals surface area (Å²) in [6, 6.07) is 7.87. The molecule has 1 aliphatic heterocycles. The fraction of sp³-hybridized carbons (Fsp3) is 0.588. The molecular formula is C17H21ClN2O.